The molecule has 2 saturated heterocycles. The highest BCUT2D eigenvalue weighted by Gasteiger charge is 2.43. The van der Waals surface area contributed by atoms with Crippen LogP contribution in [0, 0.1) is 5.82 Å². The lowest BCUT2D eigenvalue weighted by atomic mass is 9.84. The van der Waals surface area contributed by atoms with E-state index in [9.17, 15) is 14.0 Å². The Morgan fingerprint density at radius 3 is 2.48 bits per heavy atom. The Hall–Kier alpha value is -2.73. The smallest absolute Gasteiger partial charge is 0.240 e. The van der Waals surface area contributed by atoms with Gasteiger partial charge in [0.15, 0.2) is 0 Å². The molecule has 2 N–H and O–H groups in total. The molecule has 0 unspecified atom stereocenters. The van der Waals surface area contributed by atoms with Crippen LogP contribution >= 0.6 is 0 Å². The molecule has 1 spiro atoms. The van der Waals surface area contributed by atoms with Gasteiger partial charge in [-0.15, -0.1) is 0 Å². The molecule has 2 heterocycles. The third-order valence-corrected chi connectivity index (χ3v) is 6.19. The van der Waals surface area contributed by atoms with Crippen molar-refractivity contribution in [1.82, 2.24) is 15.5 Å². The van der Waals surface area contributed by atoms with E-state index in [1.807, 2.05) is 43.3 Å². The molecular weight excluding hydrogens is 369 g/mol. The maximum Gasteiger partial charge on any atom is 0.240 e. The summed E-state index contributed by atoms with van der Waals surface area (Å²) in [5, 5.41) is 6.25. The first kappa shape index (κ1) is 19.6. The van der Waals surface area contributed by atoms with Gasteiger partial charge in [-0.1, -0.05) is 42.5 Å². The lowest BCUT2D eigenvalue weighted by molar-refractivity contribution is -0.139. The number of hydrogen-bond donors (Lipinski definition) is 2. The summed E-state index contributed by atoms with van der Waals surface area (Å²) in [6.07, 6.45) is 1.19. The van der Waals surface area contributed by atoms with E-state index in [1.54, 1.807) is 11.0 Å². The fourth-order valence-electron chi connectivity index (χ4n) is 4.31. The zero-order valence-electron chi connectivity index (χ0n) is 16.6. The van der Waals surface area contributed by atoms with Crippen LogP contribution in [0.5, 0.6) is 0 Å². The van der Waals surface area contributed by atoms with Gasteiger partial charge in [0.2, 0.25) is 11.8 Å². The summed E-state index contributed by atoms with van der Waals surface area (Å²) < 4.78 is 14.7. The zero-order valence-corrected chi connectivity index (χ0v) is 16.6. The third-order valence-electron chi connectivity index (χ3n) is 6.19. The van der Waals surface area contributed by atoms with Crippen molar-refractivity contribution in [2.45, 2.75) is 31.2 Å². The molecule has 152 valence electrons. The van der Waals surface area contributed by atoms with Crippen LogP contribution in [-0.2, 0) is 9.59 Å². The molecule has 2 aliphatic rings. The summed E-state index contributed by atoms with van der Waals surface area (Å²) in [4.78, 5) is 27.1. The lowest BCUT2D eigenvalue weighted by Crippen LogP contribution is -2.67. The summed E-state index contributed by atoms with van der Waals surface area (Å²) in [5.41, 5.74) is 1.46. The maximum absolute atomic E-state index is 14.7. The number of halogens is 1. The van der Waals surface area contributed by atoms with Crippen LogP contribution in [0.25, 0.3) is 11.1 Å². The number of rotatable bonds is 3. The molecule has 4 rings (SSSR count). The van der Waals surface area contributed by atoms with Crippen molar-refractivity contribution in [1.29, 1.82) is 0 Å². The van der Waals surface area contributed by atoms with E-state index in [0.29, 0.717) is 43.6 Å². The number of carbonyl (C=O) groups excluding carboxylic acids is 2. The summed E-state index contributed by atoms with van der Waals surface area (Å²) in [7, 11) is 0. The molecule has 5 nitrogen and oxygen atoms in total. The van der Waals surface area contributed by atoms with Crippen LogP contribution in [0.2, 0.25) is 0 Å². The molecule has 0 aromatic heterocycles. The Morgan fingerprint density at radius 1 is 1.10 bits per heavy atom. The molecule has 0 bridgehead atoms. The fraction of sp³-hybridized carbons (Fsp3) is 0.391. The molecule has 2 aromatic carbocycles. The first-order valence-corrected chi connectivity index (χ1v) is 10.2. The first-order valence-electron chi connectivity index (χ1n) is 10.2. The molecule has 2 fully saturated rings. The van der Waals surface area contributed by atoms with Crippen LogP contribution in [-0.4, -0.2) is 48.4 Å². The summed E-state index contributed by atoms with van der Waals surface area (Å²) in [6, 6.07) is 14.4. The molecule has 6 heteroatoms. The minimum absolute atomic E-state index is 0.0251. The van der Waals surface area contributed by atoms with Gasteiger partial charge in [-0.2, -0.15) is 0 Å². The lowest BCUT2D eigenvalue weighted by Gasteiger charge is -2.44. The second-order valence-electron chi connectivity index (χ2n) is 7.92. The SMILES string of the molecule is C[C@H](C(=O)N1CCC2(CC1)NCCNC2=O)c1ccc(-c2ccccc2)c(F)c1. The topological polar surface area (TPSA) is 61.4 Å². The standard InChI is InChI=1S/C23H26FN3O2/c1-16(18-7-8-19(20(24)15-18)17-5-3-2-4-6-17)21(28)27-13-9-23(10-14-27)22(29)25-11-12-26-23/h2-8,15-16,26H,9-14H2,1H3,(H,25,29)/t16-/m0/s1. The molecule has 0 radical (unpaired) electrons. The molecule has 2 aromatic rings. The van der Waals surface area contributed by atoms with Gasteiger partial charge in [0, 0.05) is 31.7 Å². The minimum Gasteiger partial charge on any atom is -0.353 e. The monoisotopic (exact) mass is 395 g/mol. The number of amides is 2. The van der Waals surface area contributed by atoms with Gasteiger partial charge in [-0.3, -0.25) is 9.59 Å². The van der Waals surface area contributed by atoms with Gasteiger partial charge in [-0.05, 0) is 37.0 Å². The minimum atomic E-state index is -0.554. The van der Waals surface area contributed by atoms with E-state index >= 15 is 0 Å². The van der Waals surface area contributed by atoms with Crippen molar-refractivity contribution in [2.24, 2.45) is 0 Å². The summed E-state index contributed by atoms with van der Waals surface area (Å²) in [5.74, 6) is -0.754. The Balaban J connectivity index is 1.45. The number of likely N-dealkylation sites (tertiary alicyclic amines) is 1. The number of nitrogens with zero attached hydrogens (tertiary/aromatic N) is 1. The Kier molecular flexibility index (Phi) is 5.37. The van der Waals surface area contributed by atoms with Gasteiger partial charge in [0.05, 0.1) is 5.92 Å². The second kappa shape index (κ2) is 7.95. The van der Waals surface area contributed by atoms with Gasteiger partial charge >= 0.3 is 0 Å². The highest BCUT2D eigenvalue weighted by atomic mass is 19.1. The molecule has 2 amide bonds. The van der Waals surface area contributed by atoms with Gasteiger partial charge in [0.25, 0.3) is 0 Å². The van der Waals surface area contributed by atoms with E-state index < -0.39 is 11.5 Å². The van der Waals surface area contributed by atoms with Crippen molar-refractivity contribution in [2.75, 3.05) is 26.2 Å². The highest BCUT2D eigenvalue weighted by molar-refractivity contribution is 5.88. The first-order chi connectivity index (χ1) is 14.0. The van der Waals surface area contributed by atoms with Crippen molar-refractivity contribution >= 4 is 11.8 Å². The predicted molar refractivity (Wildman–Crippen MR) is 110 cm³/mol. The quantitative estimate of drug-likeness (QED) is 0.840. The van der Waals surface area contributed by atoms with Gasteiger partial charge in [-0.25, -0.2) is 4.39 Å². The fourth-order valence-corrected chi connectivity index (χ4v) is 4.31. The Morgan fingerprint density at radius 2 is 1.83 bits per heavy atom. The van der Waals surface area contributed by atoms with Crippen molar-refractivity contribution < 1.29 is 14.0 Å². The predicted octanol–water partition coefficient (Wildman–Crippen LogP) is 2.68. The normalized spacial score (nSPS) is 19.7. The average Bonchev–Trinajstić information content (AvgIpc) is 2.76. The van der Waals surface area contributed by atoms with Crippen molar-refractivity contribution in [3.05, 3.63) is 59.9 Å². The number of carbonyl (C=O) groups is 2. The van der Waals surface area contributed by atoms with Gasteiger partial charge < -0.3 is 15.5 Å². The molecule has 0 saturated carbocycles. The van der Waals surface area contributed by atoms with Crippen LogP contribution in [0.3, 0.4) is 0 Å². The second-order valence-corrected chi connectivity index (χ2v) is 7.92. The third kappa shape index (κ3) is 3.77. The molecule has 0 aliphatic carbocycles. The van der Waals surface area contributed by atoms with Crippen molar-refractivity contribution in [3.63, 3.8) is 0 Å². The number of benzene rings is 2. The Labute approximate surface area is 170 Å². The zero-order chi connectivity index (χ0) is 20.4. The number of nitrogens with one attached hydrogen (secondary N) is 2. The number of piperidine rings is 1. The molecule has 29 heavy (non-hydrogen) atoms. The maximum atomic E-state index is 14.7. The van der Waals surface area contributed by atoms with E-state index in [4.69, 9.17) is 0 Å². The Bertz CT molecular complexity index is 908. The number of hydrogen-bond acceptors (Lipinski definition) is 3. The molecule has 2 aliphatic heterocycles. The van der Waals surface area contributed by atoms with Crippen LogP contribution in [0.4, 0.5) is 4.39 Å². The summed E-state index contributed by atoms with van der Waals surface area (Å²) >= 11 is 0. The number of piperazine rings is 1. The van der Waals surface area contributed by atoms with Gasteiger partial charge in [0.1, 0.15) is 11.4 Å². The summed E-state index contributed by atoms with van der Waals surface area (Å²) in [6.45, 7) is 4.26. The highest BCUT2D eigenvalue weighted by Crippen LogP contribution is 2.29. The van der Waals surface area contributed by atoms with E-state index in [-0.39, 0.29) is 17.6 Å². The molecule has 1 atom stereocenters. The average molecular weight is 395 g/mol. The van der Waals surface area contributed by atoms with E-state index in [2.05, 4.69) is 10.6 Å². The van der Waals surface area contributed by atoms with E-state index in [0.717, 1.165) is 12.1 Å². The van der Waals surface area contributed by atoms with Crippen LogP contribution in [0.1, 0.15) is 31.2 Å². The van der Waals surface area contributed by atoms with Crippen molar-refractivity contribution in [3.8, 4) is 11.1 Å². The van der Waals surface area contributed by atoms with Crippen LogP contribution < -0.4 is 10.6 Å². The van der Waals surface area contributed by atoms with Crippen LogP contribution in [0.15, 0.2) is 48.5 Å². The molecular formula is C23H26FN3O2. The van der Waals surface area contributed by atoms with E-state index in [1.165, 1.54) is 6.07 Å². The largest absolute Gasteiger partial charge is 0.353 e.